The van der Waals surface area contributed by atoms with Crippen LogP contribution in [0.25, 0.3) is 16.8 Å². The predicted molar refractivity (Wildman–Crippen MR) is 120 cm³/mol. The molecule has 150 valence electrons. The average molecular weight is 436 g/mol. The van der Waals surface area contributed by atoms with Crippen LogP contribution in [0.1, 0.15) is 46.6 Å². The summed E-state index contributed by atoms with van der Waals surface area (Å²) in [6.07, 6.45) is 3.80. The number of ketones is 1. The molecule has 1 aliphatic rings. The highest BCUT2D eigenvalue weighted by atomic mass is 35.5. The fourth-order valence-corrected chi connectivity index (χ4v) is 4.46. The molecular weight excluding hydrogens is 417 g/mol. The Labute approximate surface area is 184 Å². The molecule has 0 N–H and O–H groups in total. The summed E-state index contributed by atoms with van der Waals surface area (Å²) in [4.78, 5) is 17.9. The lowest BCUT2D eigenvalue weighted by molar-refractivity contribution is 0.0962. The number of benzene rings is 2. The number of hydrogen-bond donors (Lipinski definition) is 0. The molecule has 4 nitrogen and oxygen atoms in total. The average Bonchev–Trinajstić information content (AvgIpc) is 3.11. The molecule has 6 heteroatoms. The van der Waals surface area contributed by atoms with E-state index >= 15 is 0 Å². The van der Waals surface area contributed by atoms with Gasteiger partial charge in [0.15, 0.2) is 11.4 Å². The zero-order valence-electron chi connectivity index (χ0n) is 16.4. The van der Waals surface area contributed by atoms with Crippen molar-refractivity contribution in [1.82, 2.24) is 14.6 Å². The minimum absolute atomic E-state index is 0.102. The van der Waals surface area contributed by atoms with Crippen molar-refractivity contribution in [2.75, 3.05) is 0 Å². The van der Waals surface area contributed by atoms with Crippen molar-refractivity contribution in [3.63, 3.8) is 0 Å². The van der Waals surface area contributed by atoms with E-state index in [4.69, 9.17) is 33.3 Å². The molecule has 0 fully saturated rings. The Bertz CT molecular complexity index is 1260. The lowest BCUT2D eigenvalue weighted by atomic mass is 9.82. The van der Waals surface area contributed by atoms with Crippen LogP contribution in [0.3, 0.4) is 0 Å². The van der Waals surface area contributed by atoms with E-state index in [-0.39, 0.29) is 11.7 Å². The predicted octanol–water partition coefficient (Wildman–Crippen LogP) is 6.18. The van der Waals surface area contributed by atoms with Crippen molar-refractivity contribution in [3.8, 4) is 11.1 Å². The Kier molecular flexibility index (Phi) is 4.84. The molecule has 2 aromatic carbocycles. The largest absolute Gasteiger partial charge is 0.294 e. The standard InChI is InChI=1S/C24H19Cl2N3O/c1-2-20-23(15-5-9-18(26)10-6-15)24-27-21-11-16(14-3-7-17(25)8-4-14)12-22(30)19(21)13-29(24)28-20/h3-10,13,16H,2,11-12H2,1H3. The van der Waals surface area contributed by atoms with E-state index in [1.807, 2.05) is 54.7 Å². The van der Waals surface area contributed by atoms with Gasteiger partial charge < -0.3 is 0 Å². The van der Waals surface area contributed by atoms with Gasteiger partial charge in [-0.25, -0.2) is 9.50 Å². The molecule has 2 aromatic heterocycles. The zero-order valence-corrected chi connectivity index (χ0v) is 17.9. The van der Waals surface area contributed by atoms with Gasteiger partial charge in [0.05, 0.1) is 17.0 Å². The number of Topliss-reactive ketones (excluding diaryl/α,β-unsaturated/α-hetero) is 1. The number of aryl methyl sites for hydroxylation is 1. The first-order valence-corrected chi connectivity index (χ1v) is 10.7. The molecule has 1 unspecified atom stereocenters. The van der Waals surface area contributed by atoms with E-state index < -0.39 is 0 Å². The van der Waals surface area contributed by atoms with Crippen molar-refractivity contribution < 1.29 is 4.79 Å². The molecule has 0 bridgehead atoms. The van der Waals surface area contributed by atoms with Crippen LogP contribution < -0.4 is 0 Å². The third-order valence-corrected chi connectivity index (χ3v) is 6.25. The first kappa shape index (κ1) is 19.3. The van der Waals surface area contributed by atoms with E-state index in [1.165, 1.54) is 0 Å². The van der Waals surface area contributed by atoms with Crippen LogP contribution in [0, 0.1) is 0 Å². The molecule has 0 radical (unpaired) electrons. The van der Waals surface area contributed by atoms with Gasteiger partial charge in [0.1, 0.15) is 0 Å². The Morgan fingerprint density at radius 1 is 1.00 bits per heavy atom. The summed E-state index contributed by atoms with van der Waals surface area (Å²) in [5.74, 6) is 0.206. The number of aromatic nitrogens is 3. The molecule has 0 amide bonds. The molecular formula is C24H19Cl2N3O. The second-order valence-electron chi connectivity index (χ2n) is 7.63. The van der Waals surface area contributed by atoms with Gasteiger partial charge in [-0.15, -0.1) is 0 Å². The van der Waals surface area contributed by atoms with Gasteiger partial charge in [0, 0.05) is 28.2 Å². The fraction of sp³-hybridized carbons (Fsp3) is 0.208. The number of halogens is 2. The molecule has 1 aliphatic carbocycles. The van der Waals surface area contributed by atoms with Gasteiger partial charge in [0.25, 0.3) is 0 Å². The smallest absolute Gasteiger partial charge is 0.166 e. The van der Waals surface area contributed by atoms with Gasteiger partial charge in [-0.05, 0) is 54.2 Å². The van der Waals surface area contributed by atoms with Crippen molar-refractivity contribution in [1.29, 1.82) is 0 Å². The van der Waals surface area contributed by atoms with Crippen molar-refractivity contribution in [3.05, 3.63) is 87.3 Å². The maximum Gasteiger partial charge on any atom is 0.166 e. The van der Waals surface area contributed by atoms with Gasteiger partial charge in [-0.2, -0.15) is 5.10 Å². The third-order valence-electron chi connectivity index (χ3n) is 5.74. The number of fused-ring (bicyclic) bond motifs is 2. The van der Waals surface area contributed by atoms with Gasteiger partial charge >= 0.3 is 0 Å². The normalized spacial score (nSPS) is 16.1. The zero-order chi connectivity index (χ0) is 20.8. The number of carbonyl (C=O) groups is 1. The minimum Gasteiger partial charge on any atom is -0.294 e. The van der Waals surface area contributed by atoms with E-state index in [0.717, 1.165) is 40.1 Å². The van der Waals surface area contributed by atoms with E-state index in [0.29, 0.717) is 28.5 Å². The minimum atomic E-state index is 0.102. The first-order valence-electron chi connectivity index (χ1n) is 9.99. The van der Waals surface area contributed by atoms with Gasteiger partial charge in [-0.3, -0.25) is 4.79 Å². The maximum absolute atomic E-state index is 12.9. The molecule has 0 saturated carbocycles. The van der Waals surface area contributed by atoms with Crippen molar-refractivity contribution in [2.45, 2.75) is 32.1 Å². The van der Waals surface area contributed by atoms with Gasteiger partial charge in [-0.1, -0.05) is 54.4 Å². The summed E-state index contributed by atoms with van der Waals surface area (Å²) in [5.41, 5.74) is 6.36. The third kappa shape index (κ3) is 3.30. The van der Waals surface area contributed by atoms with Crippen molar-refractivity contribution in [2.24, 2.45) is 0 Å². The van der Waals surface area contributed by atoms with Crippen LogP contribution in [0.4, 0.5) is 0 Å². The van der Waals surface area contributed by atoms with Crippen LogP contribution >= 0.6 is 23.2 Å². The highest BCUT2D eigenvalue weighted by Crippen LogP contribution is 2.35. The maximum atomic E-state index is 12.9. The summed E-state index contributed by atoms with van der Waals surface area (Å²) in [7, 11) is 0. The molecule has 0 spiro atoms. The van der Waals surface area contributed by atoms with Gasteiger partial charge in [0.2, 0.25) is 0 Å². The second-order valence-corrected chi connectivity index (χ2v) is 8.50. The van der Waals surface area contributed by atoms with E-state index in [9.17, 15) is 4.79 Å². The van der Waals surface area contributed by atoms with E-state index in [1.54, 1.807) is 4.52 Å². The summed E-state index contributed by atoms with van der Waals surface area (Å²) in [6.45, 7) is 2.07. The number of nitrogens with zero attached hydrogens (tertiary/aromatic N) is 3. The van der Waals surface area contributed by atoms with Crippen LogP contribution in [-0.2, 0) is 12.8 Å². The Balaban J connectivity index is 1.63. The highest BCUT2D eigenvalue weighted by molar-refractivity contribution is 6.30. The van der Waals surface area contributed by atoms with Crippen LogP contribution in [0.15, 0.2) is 54.7 Å². The molecule has 0 aliphatic heterocycles. The first-order chi connectivity index (χ1) is 14.5. The fourth-order valence-electron chi connectivity index (χ4n) is 4.21. The summed E-state index contributed by atoms with van der Waals surface area (Å²) in [6, 6.07) is 15.5. The number of hydrogen-bond acceptors (Lipinski definition) is 3. The van der Waals surface area contributed by atoms with E-state index in [2.05, 4.69) is 6.92 Å². The molecule has 5 rings (SSSR count). The number of rotatable bonds is 3. The SMILES string of the molecule is CCc1nn2cc3c(nc2c1-c1ccc(Cl)cc1)CC(c1ccc(Cl)cc1)CC3=O. The van der Waals surface area contributed by atoms with Crippen LogP contribution in [0.2, 0.25) is 10.0 Å². The summed E-state index contributed by atoms with van der Waals surface area (Å²) < 4.78 is 1.75. The highest BCUT2D eigenvalue weighted by Gasteiger charge is 2.29. The van der Waals surface area contributed by atoms with Crippen LogP contribution in [0.5, 0.6) is 0 Å². The Morgan fingerprint density at radius 3 is 2.33 bits per heavy atom. The summed E-state index contributed by atoms with van der Waals surface area (Å²) in [5, 5.41) is 6.10. The monoisotopic (exact) mass is 435 g/mol. The Morgan fingerprint density at radius 2 is 1.67 bits per heavy atom. The Hall–Kier alpha value is -2.69. The summed E-state index contributed by atoms with van der Waals surface area (Å²) >= 11 is 12.1. The quantitative estimate of drug-likeness (QED) is 0.385. The number of carbonyl (C=O) groups excluding carboxylic acids is 1. The lowest BCUT2D eigenvalue weighted by Gasteiger charge is -2.23. The molecule has 30 heavy (non-hydrogen) atoms. The molecule has 2 heterocycles. The second kappa shape index (κ2) is 7.53. The van der Waals surface area contributed by atoms with Crippen molar-refractivity contribution >= 4 is 34.6 Å². The molecule has 1 atom stereocenters. The molecule has 0 saturated heterocycles. The molecule has 4 aromatic rings. The topological polar surface area (TPSA) is 47.3 Å². The van der Waals surface area contributed by atoms with Crippen LogP contribution in [-0.4, -0.2) is 20.4 Å². The lowest BCUT2D eigenvalue weighted by Crippen LogP contribution is -2.21.